The first-order valence-electron chi connectivity index (χ1n) is 4.67. The molecule has 2 rings (SSSR count). The molecular formula is C11H15N. The highest BCUT2D eigenvalue weighted by atomic mass is 14.9. The van der Waals surface area contributed by atoms with Crippen LogP contribution >= 0.6 is 0 Å². The third kappa shape index (κ3) is 1.37. The molecule has 1 N–H and O–H groups in total. The Balaban J connectivity index is 2.26. The fraction of sp³-hybridized carbons (Fsp3) is 0.455. The van der Waals surface area contributed by atoms with E-state index in [0.29, 0.717) is 6.04 Å². The molecule has 12 heavy (non-hydrogen) atoms. The lowest BCUT2D eigenvalue weighted by atomic mass is 10.0. The lowest BCUT2D eigenvalue weighted by molar-refractivity contribution is 0.644. The summed E-state index contributed by atoms with van der Waals surface area (Å²) in [5, 5.41) is 3.51. The monoisotopic (exact) mass is 161 g/mol. The van der Waals surface area contributed by atoms with E-state index in [2.05, 4.69) is 36.5 Å². The van der Waals surface area contributed by atoms with Crippen LogP contribution in [0.4, 0.5) is 0 Å². The van der Waals surface area contributed by atoms with Crippen LogP contribution in [0.3, 0.4) is 0 Å². The zero-order chi connectivity index (χ0) is 8.39. The Labute approximate surface area is 73.8 Å². The average Bonchev–Trinajstić information content (AvgIpc) is 2.57. The van der Waals surface area contributed by atoms with Crippen molar-refractivity contribution in [2.45, 2.75) is 25.8 Å². The summed E-state index contributed by atoms with van der Waals surface area (Å²) in [4.78, 5) is 0. The highest BCUT2D eigenvalue weighted by Crippen LogP contribution is 2.24. The number of hydrogen-bond donors (Lipinski definition) is 1. The normalized spacial score (nSPS) is 22.9. The van der Waals surface area contributed by atoms with Gasteiger partial charge in [-0.15, -0.1) is 0 Å². The number of hydrogen-bond acceptors (Lipinski definition) is 1. The maximum atomic E-state index is 3.51. The summed E-state index contributed by atoms with van der Waals surface area (Å²) >= 11 is 0. The molecule has 0 aromatic heterocycles. The van der Waals surface area contributed by atoms with E-state index in [4.69, 9.17) is 0 Å². The van der Waals surface area contributed by atoms with E-state index in [-0.39, 0.29) is 0 Å². The van der Waals surface area contributed by atoms with Crippen LogP contribution in [0.2, 0.25) is 0 Å². The zero-order valence-electron chi connectivity index (χ0n) is 7.51. The van der Waals surface area contributed by atoms with E-state index in [9.17, 15) is 0 Å². The maximum Gasteiger partial charge on any atom is 0.0323 e. The Morgan fingerprint density at radius 1 is 1.33 bits per heavy atom. The Hall–Kier alpha value is -0.820. The van der Waals surface area contributed by atoms with Gasteiger partial charge >= 0.3 is 0 Å². The fourth-order valence-corrected chi connectivity index (χ4v) is 1.93. The lowest BCUT2D eigenvalue weighted by Crippen LogP contribution is -2.13. The predicted octanol–water partition coefficient (Wildman–Crippen LogP) is 2.42. The molecule has 1 fully saturated rings. The molecule has 1 atom stereocenters. The SMILES string of the molecule is Cc1ccccc1[C@@H]1CCCN1. The molecule has 1 heterocycles. The largest absolute Gasteiger partial charge is 0.310 e. The molecule has 0 bridgehead atoms. The molecule has 0 radical (unpaired) electrons. The predicted molar refractivity (Wildman–Crippen MR) is 51.2 cm³/mol. The van der Waals surface area contributed by atoms with Crippen molar-refractivity contribution in [2.75, 3.05) is 6.54 Å². The first-order chi connectivity index (χ1) is 5.88. The van der Waals surface area contributed by atoms with Crippen molar-refractivity contribution >= 4 is 0 Å². The molecule has 64 valence electrons. The summed E-state index contributed by atoms with van der Waals surface area (Å²) in [7, 11) is 0. The summed E-state index contributed by atoms with van der Waals surface area (Å²) in [5.41, 5.74) is 2.90. The van der Waals surface area contributed by atoms with Gasteiger partial charge in [0.25, 0.3) is 0 Å². The third-order valence-electron chi connectivity index (χ3n) is 2.62. The van der Waals surface area contributed by atoms with Crippen molar-refractivity contribution in [2.24, 2.45) is 0 Å². The number of rotatable bonds is 1. The van der Waals surface area contributed by atoms with Gasteiger partial charge in [-0.3, -0.25) is 0 Å². The first-order valence-corrected chi connectivity index (χ1v) is 4.67. The summed E-state index contributed by atoms with van der Waals surface area (Å²) in [6.07, 6.45) is 2.61. The minimum absolute atomic E-state index is 0.617. The summed E-state index contributed by atoms with van der Waals surface area (Å²) in [6.45, 7) is 3.37. The molecule has 1 aromatic rings. The van der Waals surface area contributed by atoms with Crippen LogP contribution in [0.5, 0.6) is 0 Å². The quantitative estimate of drug-likeness (QED) is 0.667. The van der Waals surface area contributed by atoms with Crippen LogP contribution in [-0.2, 0) is 0 Å². The molecule has 1 aromatic carbocycles. The van der Waals surface area contributed by atoms with Gasteiger partial charge in [0, 0.05) is 6.04 Å². The van der Waals surface area contributed by atoms with Crippen LogP contribution in [0, 0.1) is 6.92 Å². The molecule has 1 heteroatoms. The first kappa shape index (κ1) is 7.81. The van der Waals surface area contributed by atoms with E-state index in [0.717, 1.165) is 0 Å². The fourth-order valence-electron chi connectivity index (χ4n) is 1.93. The van der Waals surface area contributed by atoms with Gasteiger partial charge in [0.15, 0.2) is 0 Å². The van der Waals surface area contributed by atoms with E-state index < -0.39 is 0 Å². The summed E-state index contributed by atoms with van der Waals surface area (Å²) < 4.78 is 0. The standard InChI is InChI=1S/C11H15N/c1-9-5-2-3-6-10(9)11-7-4-8-12-11/h2-3,5-6,11-12H,4,7-8H2,1H3/t11-/m0/s1. The maximum absolute atomic E-state index is 3.51. The molecule has 1 aliphatic rings. The van der Waals surface area contributed by atoms with Crippen molar-refractivity contribution in [3.8, 4) is 0 Å². The van der Waals surface area contributed by atoms with Crippen molar-refractivity contribution in [1.82, 2.24) is 5.32 Å². The van der Waals surface area contributed by atoms with Crippen molar-refractivity contribution < 1.29 is 0 Å². The van der Waals surface area contributed by atoms with Crippen molar-refractivity contribution in [1.29, 1.82) is 0 Å². The molecule has 0 spiro atoms. The van der Waals surface area contributed by atoms with Gasteiger partial charge in [-0.2, -0.15) is 0 Å². The van der Waals surface area contributed by atoms with Crippen LogP contribution in [-0.4, -0.2) is 6.54 Å². The zero-order valence-corrected chi connectivity index (χ0v) is 7.51. The minimum atomic E-state index is 0.617. The van der Waals surface area contributed by atoms with Gasteiger partial charge in [0.05, 0.1) is 0 Å². The van der Waals surface area contributed by atoms with Crippen LogP contribution in [0.15, 0.2) is 24.3 Å². The highest BCUT2D eigenvalue weighted by molar-refractivity contribution is 5.29. The Bertz CT molecular complexity index is 261. The summed E-state index contributed by atoms with van der Waals surface area (Å²) in [5.74, 6) is 0. The van der Waals surface area contributed by atoms with Crippen molar-refractivity contribution in [3.63, 3.8) is 0 Å². The molecule has 0 amide bonds. The molecule has 0 aliphatic carbocycles. The smallest absolute Gasteiger partial charge is 0.0323 e. The van der Waals surface area contributed by atoms with Gasteiger partial charge in [-0.05, 0) is 37.4 Å². The van der Waals surface area contributed by atoms with Gasteiger partial charge in [0.1, 0.15) is 0 Å². The number of benzene rings is 1. The highest BCUT2D eigenvalue weighted by Gasteiger charge is 2.16. The van der Waals surface area contributed by atoms with E-state index in [1.165, 1.54) is 30.5 Å². The van der Waals surface area contributed by atoms with Crippen LogP contribution in [0.1, 0.15) is 30.0 Å². The topological polar surface area (TPSA) is 12.0 Å². The second-order valence-corrected chi connectivity index (χ2v) is 3.51. The third-order valence-corrected chi connectivity index (χ3v) is 2.62. The Kier molecular flexibility index (Phi) is 2.13. The number of aryl methyl sites for hydroxylation is 1. The molecule has 1 aliphatic heterocycles. The van der Waals surface area contributed by atoms with E-state index in [1.54, 1.807) is 0 Å². The van der Waals surface area contributed by atoms with E-state index >= 15 is 0 Å². The van der Waals surface area contributed by atoms with Crippen LogP contribution in [0.25, 0.3) is 0 Å². The van der Waals surface area contributed by atoms with E-state index in [1.807, 2.05) is 0 Å². The Morgan fingerprint density at radius 2 is 2.17 bits per heavy atom. The molecule has 1 nitrogen and oxygen atoms in total. The molecule has 0 unspecified atom stereocenters. The second-order valence-electron chi connectivity index (χ2n) is 3.51. The molecule has 0 saturated carbocycles. The minimum Gasteiger partial charge on any atom is -0.310 e. The lowest BCUT2D eigenvalue weighted by Gasteiger charge is -2.12. The molecule has 1 saturated heterocycles. The average molecular weight is 161 g/mol. The van der Waals surface area contributed by atoms with Gasteiger partial charge in [0.2, 0.25) is 0 Å². The van der Waals surface area contributed by atoms with Gasteiger partial charge in [-0.1, -0.05) is 24.3 Å². The van der Waals surface area contributed by atoms with Crippen LogP contribution < -0.4 is 5.32 Å². The van der Waals surface area contributed by atoms with Crippen molar-refractivity contribution in [3.05, 3.63) is 35.4 Å². The van der Waals surface area contributed by atoms with Gasteiger partial charge < -0.3 is 5.32 Å². The summed E-state index contributed by atoms with van der Waals surface area (Å²) in [6, 6.07) is 9.27. The Morgan fingerprint density at radius 3 is 2.83 bits per heavy atom. The number of nitrogens with one attached hydrogen (secondary N) is 1. The molecular weight excluding hydrogens is 146 g/mol. The van der Waals surface area contributed by atoms with Gasteiger partial charge in [-0.25, -0.2) is 0 Å². The second kappa shape index (κ2) is 3.28.